The van der Waals surface area contributed by atoms with Gasteiger partial charge in [0.15, 0.2) is 5.13 Å². The lowest BCUT2D eigenvalue weighted by molar-refractivity contribution is -0.119. The number of nitrogens with zero attached hydrogens (tertiary/aromatic N) is 2. The summed E-state index contributed by atoms with van der Waals surface area (Å²) in [6.07, 6.45) is 0. The molecule has 6 nitrogen and oxygen atoms in total. The molecule has 0 atom stereocenters. The summed E-state index contributed by atoms with van der Waals surface area (Å²) in [7, 11) is 0. The van der Waals surface area contributed by atoms with E-state index in [4.69, 9.17) is 0 Å². The lowest BCUT2D eigenvalue weighted by Crippen LogP contribution is -2.17. The highest BCUT2D eigenvalue weighted by Gasteiger charge is 2.16. The Morgan fingerprint density at radius 1 is 1.03 bits per heavy atom. The Hall–Kier alpha value is -3.80. The minimum atomic E-state index is -0.285. The topological polar surface area (TPSA) is 94.9 Å². The second-order valence-corrected chi connectivity index (χ2v) is 8.90. The molecule has 0 radical (unpaired) electrons. The number of benzene rings is 2. The van der Waals surface area contributed by atoms with Crippen LogP contribution in [0.15, 0.2) is 66.0 Å². The van der Waals surface area contributed by atoms with Crippen molar-refractivity contribution in [1.29, 1.82) is 5.26 Å². The number of carbonyl (C=O) groups is 2. The highest BCUT2D eigenvalue weighted by Crippen LogP contribution is 2.32. The van der Waals surface area contributed by atoms with Crippen LogP contribution in [0.5, 0.6) is 0 Å². The molecule has 32 heavy (non-hydrogen) atoms. The van der Waals surface area contributed by atoms with Gasteiger partial charge in [0.25, 0.3) is 5.91 Å². The maximum atomic E-state index is 13.0. The normalized spacial score (nSPS) is 10.4. The number of rotatable bonds is 6. The van der Waals surface area contributed by atoms with Crippen LogP contribution in [-0.4, -0.2) is 16.8 Å². The molecule has 0 unspecified atom stereocenters. The van der Waals surface area contributed by atoms with Crippen molar-refractivity contribution >= 4 is 39.6 Å². The molecule has 2 N–H and O–H groups in total. The summed E-state index contributed by atoms with van der Waals surface area (Å²) in [4.78, 5) is 30.7. The molecule has 0 aliphatic rings. The molecule has 158 valence electrons. The van der Waals surface area contributed by atoms with Gasteiger partial charge < -0.3 is 5.32 Å². The molecule has 0 fully saturated rings. The molecule has 2 amide bonds. The van der Waals surface area contributed by atoms with E-state index in [1.807, 2.05) is 41.8 Å². The Balaban J connectivity index is 1.54. The zero-order valence-electron chi connectivity index (χ0n) is 17.1. The average Bonchev–Trinajstić information content (AvgIpc) is 3.47. The number of thiazole rings is 1. The summed E-state index contributed by atoms with van der Waals surface area (Å²) < 4.78 is 0. The molecule has 2 aromatic heterocycles. The number of nitrogens with one attached hydrogen (secondary N) is 2. The summed E-state index contributed by atoms with van der Waals surface area (Å²) in [5.41, 5.74) is 3.16. The Morgan fingerprint density at radius 2 is 1.78 bits per heavy atom. The highest BCUT2D eigenvalue weighted by molar-refractivity contribution is 7.17. The number of nitriles is 1. The van der Waals surface area contributed by atoms with Crippen molar-refractivity contribution in [3.8, 4) is 27.8 Å². The third-order valence-corrected chi connectivity index (χ3v) is 6.53. The quantitative estimate of drug-likeness (QED) is 0.410. The van der Waals surface area contributed by atoms with E-state index >= 15 is 0 Å². The number of anilines is 1. The largest absolute Gasteiger partial charge is 0.351 e. The van der Waals surface area contributed by atoms with Gasteiger partial charge in [-0.3, -0.25) is 14.9 Å². The number of aromatic nitrogens is 1. The molecule has 0 saturated carbocycles. The van der Waals surface area contributed by atoms with E-state index in [0.29, 0.717) is 33.9 Å². The van der Waals surface area contributed by atoms with Gasteiger partial charge in [-0.15, -0.1) is 22.7 Å². The number of hydrogen-bond donors (Lipinski definition) is 2. The summed E-state index contributed by atoms with van der Waals surface area (Å²) in [6, 6.07) is 20.5. The maximum Gasteiger partial charge on any atom is 0.258 e. The molecule has 0 aliphatic heterocycles. The van der Waals surface area contributed by atoms with Crippen molar-refractivity contribution in [1.82, 2.24) is 10.3 Å². The lowest BCUT2D eigenvalue weighted by atomic mass is 9.95. The smallest absolute Gasteiger partial charge is 0.258 e. The SMILES string of the molecule is CC(=O)NCc1ccc(-c2csc(NC(=O)c3ccccc3-c3ccccc3C#N)n2)s1. The first-order chi connectivity index (χ1) is 15.5. The minimum absolute atomic E-state index is 0.0729. The molecule has 8 heteroatoms. The van der Waals surface area contributed by atoms with Crippen molar-refractivity contribution in [3.63, 3.8) is 0 Å². The van der Waals surface area contributed by atoms with Gasteiger partial charge in [-0.1, -0.05) is 36.4 Å². The number of hydrogen-bond acceptors (Lipinski definition) is 6. The van der Waals surface area contributed by atoms with E-state index in [-0.39, 0.29) is 11.8 Å². The Kier molecular flexibility index (Phi) is 6.40. The van der Waals surface area contributed by atoms with Crippen LogP contribution < -0.4 is 10.6 Å². The standard InChI is InChI=1S/C24H18N4O2S2/c1-15(29)26-13-17-10-11-22(32-17)21-14-31-24(27-21)28-23(30)20-9-5-4-8-19(20)18-7-3-2-6-16(18)12-25/h2-11,14H,13H2,1H3,(H,26,29)(H,27,28,30). The predicted molar refractivity (Wildman–Crippen MR) is 127 cm³/mol. The van der Waals surface area contributed by atoms with Crippen LogP contribution >= 0.6 is 22.7 Å². The van der Waals surface area contributed by atoms with Gasteiger partial charge in [0.05, 0.1) is 28.7 Å². The molecular weight excluding hydrogens is 440 g/mol. The first kappa shape index (κ1) is 21.4. The van der Waals surface area contributed by atoms with Gasteiger partial charge in [-0.05, 0) is 29.8 Å². The third-order valence-electron chi connectivity index (χ3n) is 4.66. The summed E-state index contributed by atoms with van der Waals surface area (Å²) >= 11 is 2.89. The fourth-order valence-electron chi connectivity index (χ4n) is 3.16. The van der Waals surface area contributed by atoms with E-state index in [1.54, 1.807) is 35.6 Å². The first-order valence-electron chi connectivity index (χ1n) is 9.74. The van der Waals surface area contributed by atoms with Crippen LogP contribution in [0.4, 0.5) is 5.13 Å². The van der Waals surface area contributed by atoms with Gasteiger partial charge in [0, 0.05) is 28.3 Å². The number of amides is 2. The number of thiophene rings is 1. The first-order valence-corrected chi connectivity index (χ1v) is 11.4. The van der Waals surface area contributed by atoms with Crippen molar-refractivity contribution in [2.45, 2.75) is 13.5 Å². The zero-order chi connectivity index (χ0) is 22.5. The summed E-state index contributed by atoms with van der Waals surface area (Å²) in [5, 5.41) is 17.5. The average molecular weight is 459 g/mol. The van der Waals surface area contributed by atoms with Crippen LogP contribution in [0.2, 0.25) is 0 Å². The minimum Gasteiger partial charge on any atom is -0.351 e. The van der Waals surface area contributed by atoms with Crippen LogP contribution in [-0.2, 0) is 11.3 Å². The Labute approximate surface area is 193 Å². The van der Waals surface area contributed by atoms with Crippen molar-refractivity contribution in [2.75, 3.05) is 5.32 Å². The molecule has 4 rings (SSSR count). The van der Waals surface area contributed by atoms with Crippen molar-refractivity contribution < 1.29 is 9.59 Å². The van der Waals surface area contributed by atoms with Gasteiger partial charge in [0.2, 0.25) is 5.91 Å². The third kappa shape index (κ3) is 4.75. The number of carbonyl (C=O) groups excluding carboxylic acids is 2. The van der Waals surface area contributed by atoms with E-state index in [2.05, 4.69) is 21.7 Å². The van der Waals surface area contributed by atoms with Crippen molar-refractivity contribution in [3.05, 3.63) is 82.0 Å². The summed E-state index contributed by atoms with van der Waals surface area (Å²) in [6.45, 7) is 1.97. The summed E-state index contributed by atoms with van der Waals surface area (Å²) in [5.74, 6) is -0.358. The van der Waals surface area contributed by atoms with Crippen LogP contribution in [0.1, 0.15) is 27.7 Å². The Bertz CT molecular complexity index is 1330. The molecular formula is C24H18N4O2S2. The fourth-order valence-corrected chi connectivity index (χ4v) is 4.85. The molecule has 0 saturated heterocycles. The van der Waals surface area contributed by atoms with E-state index in [1.165, 1.54) is 18.3 Å². The van der Waals surface area contributed by atoms with Gasteiger partial charge in [0.1, 0.15) is 0 Å². The van der Waals surface area contributed by atoms with Crippen LogP contribution in [0.3, 0.4) is 0 Å². The van der Waals surface area contributed by atoms with E-state index in [0.717, 1.165) is 15.4 Å². The monoisotopic (exact) mass is 458 g/mol. The predicted octanol–water partition coefficient (Wildman–Crippen LogP) is 5.30. The molecule has 0 bridgehead atoms. The van der Waals surface area contributed by atoms with Crippen LogP contribution in [0, 0.1) is 11.3 Å². The fraction of sp³-hybridized carbons (Fsp3) is 0.0833. The van der Waals surface area contributed by atoms with Gasteiger partial charge >= 0.3 is 0 Å². The molecule has 4 aromatic rings. The van der Waals surface area contributed by atoms with Crippen LogP contribution in [0.25, 0.3) is 21.7 Å². The Morgan fingerprint density at radius 3 is 2.56 bits per heavy atom. The second-order valence-electron chi connectivity index (χ2n) is 6.87. The lowest BCUT2D eigenvalue weighted by Gasteiger charge is -2.10. The second kappa shape index (κ2) is 9.56. The van der Waals surface area contributed by atoms with Crippen molar-refractivity contribution in [2.24, 2.45) is 0 Å². The van der Waals surface area contributed by atoms with E-state index in [9.17, 15) is 14.9 Å². The maximum absolute atomic E-state index is 13.0. The molecule has 2 aromatic carbocycles. The molecule has 2 heterocycles. The van der Waals surface area contributed by atoms with Gasteiger partial charge in [-0.25, -0.2) is 4.98 Å². The molecule has 0 aliphatic carbocycles. The van der Waals surface area contributed by atoms with Gasteiger partial charge in [-0.2, -0.15) is 5.26 Å². The van der Waals surface area contributed by atoms with E-state index < -0.39 is 0 Å². The highest BCUT2D eigenvalue weighted by atomic mass is 32.1. The zero-order valence-corrected chi connectivity index (χ0v) is 18.7. The molecule has 0 spiro atoms.